The van der Waals surface area contributed by atoms with Crippen LogP contribution in [0.15, 0.2) is 0 Å². The lowest BCUT2D eigenvalue weighted by Gasteiger charge is -2.22. The third kappa shape index (κ3) is 5.18. The molecule has 7 nitrogen and oxygen atoms in total. The van der Waals surface area contributed by atoms with Gasteiger partial charge in [0.2, 0.25) is 5.91 Å². The van der Waals surface area contributed by atoms with Crippen molar-refractivity contribution in [1.29, 1.82) is 0 Å². The van der Waals surface area contributed by atoms with Gasteiger partial charge in [0, 0.05) is 7.05 Å². The summed E-state index contributed by atoms with van der Waals surface area (Å²) in [6.07, 6.45) is 1.10. The van der Waals surface area contributed by atoms with Gasteiger partial charge < -0.3 is 21.1 Å². The van der Waals surface area contributed by atoms with Crippen molar-refractivity contribution in [3.8, 4) is 0 Å². The maximum Gasteiger partial charge on any atom is 0.323 e. The standard InChI is InChI=1S/C9H17N3O4/c1-3-4-6(11-9(10)16)8(15)12(2)5-7(13)14/h6H,3-5H2,1-2H3,(H,13,14)(H3,10,11,16)/t6-/m1/s1. The molecule has 0 aromatic heterocycles. The zero-order valence-corrected chi connectivity index (χ0v) is 9.40. The lowest BCUT2D eigenvalue weighted by Crippen LogP contribution is -2.49. The number of rotatable bonds is 6. The van der Waals surface area contributed by atoms with E-state index < -0.39 is 30.5 Å². The van der Waals surface area contributed by atoms with Crippen LogP contribution in [0.5, 0.6) is 0 Å². The number of primary amides is 1. The van der Waals surface area contributed by atoms with Gasteiger partial charge in [0.05, 0.1) is 0 Å². The Bertz CT molecular complexity index is 280. The van der Waals surface area contributed by atoms with Crippen LogP contribution < -0.4 is 11.1 Å². The molecular weight excluding hydrogens is 214 g/mol. The van der Waals surface area contributed by atoms with E-state index in [4.69, 9.17) is 10.8 Å². The number of likely N-dealkylation sites (N-methyl/N-ethyl adjacent to an activating group) is 1. The SMILES string of the molecule is CCC[C@@H](NC(N)=O)C(=O)N(C)CC(=O)O. The average Bonchev–Trinajstić information content (AvgIpc) is 2.14. The number of nitrogens with one attached hydrogen (secondary N) is 1. The summed E-state index contributed by atoms with van der Waals surface area (Å²) in [7, 11) is 1.36. The van der Waals surface area contributed by atoms with Gasteiger partial charge in [0.15, 0.2) is 0 Å². The summed E-state index contributed by atoms with van der Waals surface area (Å²) in [6, 6.07) is -1.55. The van der Waals surface area contributed by atoms with E-state index in [1.807, 2.05) is 6.92 Å². The highest BCUT2D eigenvalue weighted by Gasteiger charge is 2.23. The Morgan fingerprint density at radius 2 is 2.00 bits per heavy atom. The summed E-state index contributed by atoms with van der Waals surface area (Å²) in [6.45, 7) is 1.44. The number of hydrogen-bond acceptors (Lipinski definition) is 3. The van der Waals surface area contributed by atoms with Crippen molar-refractivity contribution < 1.29 is 19.5 Å². The monoisotopic (exact) mass is 231 g/mol. The van der Waals surface area contributed by atoms with Crippen LogP contribution in [0.1, 0.15) is 19.8 Å². The van der Waals surface area contributed by atoms with E-state index in [2.05, 4.69) is 5.32 Å². The predicted octanol–water partition coefficient (Wildman–Crippen LogP) is -0.634. The first-order valence-electron chi connectivity index (χ1n) is 4.91. The normalized spacial score (nSPS) is 11.6. The van der Waals surface area contributed by atoms with Gasteiger partial charge in [-0.15, -0.1) is 0 Å². The van der Waals surface area contributed by atoms with Crippen molar-refractivity contribution in [1.82, 2.24) is 10.2 Å². The zero-order chi connectivity index (χ0) is 12.7. The van der Waals surface area contributed by atoms with Crippen LogP contribution in [0.3, 0.4) is 0 Å². The van der Waals surface area contributed by atoms with Gasteiger partial charge in [-0.2, -0.15) is 0 Å². The minimum Gasteiger partial charge on any atom is -0.480 e. The van der Waals surface area contributed by atoms with Crippen LogP contribution in [0.4, 0.5) is 4.79 Å². The summed E-state index contributed by atoms with van der Waals surface area (Å²) in [5.41, 5.74) is 4.93. The third-order valence-electron chi connectivity index (χ3n) is 1.94. The molecule has 92 valence electrons. The van der Waals surface area contributed by atoms with Crippen LogP contribution in [0.25, 0.3) is 0 Å². The van der Waals surface area contributed by atoms with Crippen LogP contribution in [-0.4, -0.2) is 47.5 Å². The van der Waals surface area contributed by atoms with E-state index >= 15 is 0 Å². The van der Waals surface area contributed by atoms with E-state index in [9.17, 15) is 14.4 Å². The average molecular weight is 231 g/mol. The summed E-state index contributed by atoms with van der Waals surface area (Å²) in [5.74, 6) is -1.56. The summed E-state index contributed by atoms with van der Waals surface area (Å²) >= 11 is 0. The smallest absolute Gasteiger partial charge is 0.323 e. The molecule has 0 radical (unpaired) electrons. The number of amides is 3. The number of carboxylic acids is 1. The molecule has 0 aliphatic heterocycles. The molecule has 16 heavy (non-hydrogen) atoms. The van der Waals surface area contributed by atoms with E-state index in [0.717, 1.165) is 4.90 Å². The molecule has 0 spiro atoms. The van der Waals surface area contributed by atoms with Crippen molar-refractivity contribution in [3.63, 3.8) is 0 Å². The van der Waals surface area contributed by atoms with Crippen LogP contribution in [-0.2, 0) is 9.59 Å². The molecule has 0 aromatic rings. The van der Waals surface area contributed by atoms with Crippen LogP contribution in [0.2, 0.25) is 0 Å². The van der Waals surface area contributed by atoms with Gasteiger partial charge in [-0.1, -0.05) is 13.3 Å². The van der Waals surface area contributed by atoms with E-state index in [-0.39, 0.29) is 0 Å². The number of carboxylic acid groups (broad SMARTS) is 1. The zero-order valence-electron chi connectivity index (χ0n) is 9.40. The maximum absolute atomic E-state index is 11.7. The number of nitrogens with two attached hydrogens (primary N) is 1. The molecule has 0 heterocycles. The molecule has 7 heteroatoms. The second-order valence-electron chi connectivity index (χ2n) is 3.44. The molecule has 0 fully saturated rings. The third-order valence-corrected chi connectivity index (χ3v) is 1.94. The maximum atomic E-state index is 11.7. The van der Waals surface area contributed by atoms with Crippen molar-refractivity contribution >= 4 is 17.9 Å². The molecule has 0 unspecified atom stereocenters. The number of aliphatic carboxylic acids is 1. The Hall–Kier alpha value is -1.79. The fraction of sp³-hybridized carbons (Fsp3) is 0.667. The number of carbonyl (C=O) groups is 3. The molecule has 4 N–H and O–H groups in total. The Kier molecular flexibility index (Phi) is 5.91. The molecule has 3 amide bonds. The van der Waals surface area contributed by atoms with E-state index in [1.54, 1.807) is 0 Å². The summed E-state index contributed by atoms with van der Waals surface area (Å²) < 4.78 is 0. The van der Waals surface area contributed by atoms with Gasteiger partial charge in [-0.05, 0) is 6.42 Å². The molecule has 0 bridgehead atoms. The van der Waals surface area contributed by atoms with Crippen molar-refractivity contribution in [2.45, 2.75) is 25.8 Å². The van der Waals surface area contributed by atoms with Crippen molar-refractivity contribution in [2.75, 3.05) is 13.6 Å². The molecule has 0 saturated carbocycles. The minimum absolute atomic E-state index is 0.403. The van der Waals surface area contributed by atoms with Crippen molar-refractivity contribution in [2.24, 2.45) is 5.73 Å². The first-order valence-corrected chi connectivity index (χ1v) is 4.91. The van der Waals surface area contributed by atoms with Crippen molar-refractivity contribution in [3.05, 3.63) is 0 Å². The highest BCUT2D eigenvalue weighted by Crippen LogP contribution is 2.01. The highest BCUT2D eigenvalue weighted by atomic mass is 16.4. The van der Waals surface area contributed by atoms with Crippen LogP contribution >= 0.6 is 0 Å². The fourth-order valence-electron chi connectivity index (χ4n) is 1.26. The quantitative estimate of drug-likeness (QED) is 0.564. The molecule has 0 rings (SSSR count). The van der Waals surface area contributed by atoms with Crippen LogP contribution in [0, 0.1) is 0 Å². The lowest BCUT2D eigenvalue weighted by atomic mass is 10.1. The van der Waals surface area contributed by atoms with Gasteiger partial charge in [0.25, 0.3) is 0 Å². The molecular formula is C9H17N3O4. The topological polar surface area (TPSA) is 113 Å². The Morgan fingerprint density at radius 1 is 1.44 bits per heavy atom. The number of hydrogen-bond donors (Lipinski definition) is 3. The first kappa shape index (κ1) is 14.2. The van der Waals surface area contributed by atoms with Gasteiger partial charge >= 0.3 is 12.0 Å². The molecule has 0 aliphatic carbocycles. The highest BCUT2D eigenvalue weighted by molar-refractivity contribution is 5.88. The summed E-state index contributed by atoms with van der Waals surface area (Å²) in [4.78, 5) is 33.8. The second kappa shape index (κ2) is 6.65. The lowest BCUT2D eigenvalue weighted by molar-refractivity contribution is -0.144. The van der Waals surface area contributed by atoms with Gasteiger partial charge in [-0.25, -0.2) is 4.79 Å². The van der Waals surface area contributed by atoms with Gasteiger partial charge in [0.1, 0.15) is 12.6 Å². The number of carbonyl (C=O) groups excluding carboxylic acids is 2. The number of urea groups is 1. The van der Waals surface area contributed by atoms with E-state index in [1.165, 1.54) is 7.05 Å². The molecule has 0 saturated heterocycles. The predicted molar refractivity (Wildman–Crippen MR) is 56.7 cm³/mol. The first-order chi connectivity index (χ1) is 7.38. The van der Waals surface area contributed by atoms with E-state index in [0.29, 0.717) is 12.8 Å². The summed E-state index contributed by atoms with van der Waals surface area (Å²) in [5, 5.41) is 10.8. The molecule has 0 aliphatic rings. The molecule has 1 atom stereocenters. The number of nitrogens with zero attached hydrogens (tertiary/aromatic N) is 1. The second-order valence-corrected chi connectivity index (χ2v) is 3.44. The molecule has 0 aromatic carbocycles. The fourth-order valence-corrected chi connectivity index (χ4v) is 1.26. The Labute approximate surface area is 93.6 Å². The Balaban J connectivity index is 4.46. The Morgan fingerprint density at radius 3 is 2.38 bits per heavy atom. The minimum atomic E-state index is -1.11. The largest absolute Gasteiger partial charge is 0.480 e. The van der Waals surface area contributed by atoms with Gasteiger partial charge in [-0.3, -0.25) is 9.59 Å².